The van der Waals surface area contributed by atoms with Crippen molar-refractivity contribution in [3.63, 3.8) is 0 Å². The van der Waals surface area contributed by atoms with Crippen LogP contribution in [-0.4, -0.2) is 11.0 Å². The molecule has 0 rings (SSSR count). The van der Waals surface area contributed by atoms with E-state index in [1.54, 1.807) is 0 Å². The first-order chi connectivity index (χ1) is 0. The van der Waals surface area contributed by atoms with Crippen molar-refractivity contribution in [2.24, 2.45) is 0 Å². The molecule has 0 spiro atoms. The van der Waals surface area contributed by atoms with Crippen LogP contribution in [0.2, 0.25) is 0 Å². The minimum Gasteiger partial charge on any atom is -0.412 e. The van der Waals surface area contributed by atoms with Crippen molar-refractivity contribution in [1.29, 1.82) is 0 Å². The van der Waals surface area contributed by atoms with Gasteiger partial charge in [-0.2, -0.15) is 0 Å². The van der Waals surface area contributed by atoms with E-state index in [9.17, 15) is 0 Å². The number of hydrogen-bond donors (Lipinski definition) is 0. The van der Waals surface area contributed by atoms with E-state index in [4.69, 9.17) is 0 Å². The molecule has 0 aliphatic rings. The first kappa shape index (κ1) is 94.9. The molecule has 0 atom stereocenters. The first-order valence-corrected chi connectivity index (χ1v) is 0. The summed E-state index contributed by atoms with van der Waals surface area (Å²) in [6.45, 7) is 0. The van der Waals surface area contributed by atoms with E-state index in [1.165, 1.54) is 0 Å². The SMILES string of the molecule is Br.Br.O.O. The Labute approximate surface area is 45.4 Å². The third kappa shape index (κ3) is 13.1. The van der Waals surface area contributed by atoms with Gasteiger partial charge in [-0.1, -0.05) is 0 Å². The lowest BCUT2D eigenvalue weighted by molar-refractivity contribution is 0.823. The van der Waals surface area contributed by atoms with Crippen LogP contribution in [0.15, 0.2) is 0 Å². The van der Waals surface area contributed by atoms with Crippen molar-refractivity contribution in [2.75, 3.05) is 0 Å². The van der Waals surface area contributed by atoms with Crippen LogP contribution in [-0.2, 0) is 0 Å². The molecule has 0 aliphatic carbocycles. The Morgan fingerprint density at radius 2 is 0.500 bits per heavy atom. The molecule has 0 fully saturated rings. The Morgan fingerprint density at radius 3 is 0.500 bits per heavy atom. The fourth-order valence-corrected chi connectivity index (χ4v) is 0. The predicted octanol–water partition coefficient (Wildman–Crippen LogP) is -0.494. The third-order valence-corrected chi connectivity index (χ3v) is 0. The largest absolute Gasteiger partial charge is 0.412 e. The minimum absolute atomic E-state index is 0. The fourth-order valence-electron chi connectivity index (χ4n) is 0. The monoisotopic (exact) mass is 196 g/mol. The molecule has 0 bridgehead atoms. The van der Waals surface area contributed by atoms with Crippen molar-refractivity contribution in [2.45, 2.75) is 0 Å². The van der Waals surface area contributed by atoms with E-state index in [-0.39, 0.29) is 44.9 Å². The van der Waals surface area contributed by atoms with Gasteiger partial charge < -0.3 is 11.0 Å². The minimum atomic E-state index is 0. The molecule has 4 heavy (non-hydrogen) atoms. The highest BCUT2D eigenvalue weighted by Gasteiger charge is -0.113. The number of hydrogen-bond acceptors (Lipinski definition) is 0. The molecule has 0 aromatic heterocycles. The summed E-state index contributed by atoms with van der Waals surface area (Å²) in [4.78, 5) is 0. The Hall–Kier alpha value is 0.880. The quantitative estimate of drug-likeness (QED) is 0.503. The van der Waals surface area contributed by atoms with Crippen molar-refractivity contribution < 1.29 is 11.0 Å². The van der Waals surface area contributed by atoms with Gasteiger partial charge in [0.1, 0.15) is 0 Å². The highest BCUT2D eigenvalue weighted by atomic mass is 79.9. The molecule has 2 nitrogen and oxygen atoms in total. The maximum Gasteiger partial charge on any atom is -0.114 e. The second-order valence-corrected chi connectivity index (χ2v) is 0. The molecule has 0 saturated heterocycles. The average molecular weight is 198 g/mol. The van der Waals surface area contributed by atoms with Gasteiger partial charge in [0.25, 0.3) is 0 Å². The normalized spacial score (nSPS) is 0. The average Bonchev–Trinajstić information content (AvgIpc) is 0. The van der Waals surface area contributed by atoms with Crippen molar-refractivity contribution in [3.05, 3.63) is 0 Å². The van der Waals surface area contributed by atoms with Gasteiger partial charge in [-0.25, -0.2) is 0 Å². The molecule has 4 N–H and O–H groups in total. The van der Waals surface area contributed by atoms with Crippen LogP contribution in [0.4, 0.5) is 0 Å². The van der Waals surface area contributed by atoms with Gasteiger partial charge in [-0.05, 0) is 0 Å². The topological polar surface area (TPSA) is 63.0 Å². The van der Waals surface area contributed by atoms with Crippen LogP contribution in [0.3, 0.4) is 0 Å². The zero-order valence-corrected chi connectivity index (χ0v) is 5.24. The van der Waals surface area contributed by atoms with E-state index < -0.39 is 0 Å². The predicted molar refractivity (Wildman–Crippen MR) is 27.9 cm³/mol. The van der Waals surface area contributed by atoms with Gasteiger partial charge in [-0.3, -0.25) is 0 Å². The highest BCUT2D eigenvalue weighted by molar-refractivity contribution is 8.93. The van der Waals surface area contributed by atoms with Crippen LogP contribution in [0.25, 0.3) is 0 Å². The summed E-state index contributed by atoms with van der Waals surface area (Å²) >= 11 is 0. The Balaban J connectivity index is 0. The van der Waals surface area contributed by atoms with Crippen molar-refractivity contribution >= 4 is 34.0 Å². The van der Waals surface area contributed by atoms with Gasteiger partial charge in [0.2, 0.25) is 0 Å². The smallest absolute Gasteiger partial charge is 0.114 e. The molecule has 0 radical (unpaired) electrons. The fraction of sp³-hybridized carbons (Fsp3) is 0. The number of halogens is 2. The lowest BCUT2D eigenvalue weighted by Gasteiger charge is -0.413. The summed E-state index contributed by atoms with van der Waals surface area (Å²) in [7, 11) is 0. The zero-order valence-electron chi connectivity index (χ0n) is 1.82. The van der Waals surface area contributed by atoms with E-state index >= 15 is 0 Å². The van der Waals surface area contributed by atoms with Gasteiger partial charge in [-0.15, -0.1) is 34.0 Å². The number of rotatable bonds is 0. The molecular weight excluding hydrogens is 192 g/mol. The van der Waals surface area contributed by atoms with E-state index in [0.717, 1.165) is 0 Å². The van der Waals surface area contributed by atoms with E-state index in [0.29, 0.717) is 0 Å². The highest BCUT2D eigenvalue weighted by Crippen LogP contribution is 0.847. The molecule has 0 unspecified atom stereocenters. The molecule has 0 aromatic rings. The van der Waals surface area contributed by atoms with Gasteiger partial charge >= 0.3 is 0 Å². The standard InChI is InChI=1S/2BrH.2H2O/h2*1H;2*1H2. The van der Waals surface area contributed by atoms with E-state index in [1.807, 2.05) is 0 Å². The molecule has 0 amide bonds. The summed E-state index contributed by atoms with van der Waals surface area (Å²) in [5, 5.41) is 0. The van der Waals surface area contributed by atoms with E-state index in [2.05, 4.69) is 0 Å². The van der Waals surface area contributed by atoms with Gasteiger partial charge in [0.15, 0.2) is 0 Å². The summed E-state index contributed by atoms with van der Waals surface area (Å²) in [6.07, 6.45) is 0. The molecule has 4 heteroatoms. The molecule has 32 valence electrons. The Bertz CT molecular complexity index is 4.00. The Kier molecular flexibility index (Phi) is 986. The molecule has 0 saturated carbocycles. The van der Waals surface area contributed by atoms with Crippen LogP contribution in [0.1, 0.15) is 0 Å². The Morgan fingerprint density at radius 1 is 0.500 bits per heavy atom. The second-order valence-electron chi connectivity index (χ2n) is 0. The van der Waals surface area contributed by atoms with Gasteiger partial charge in [0, 0.05) is 0 Å². The summed E-state index contributed by atoms with van der Waals surface area (Å²) in [5.41, 5.74) is 0. The van der Waals surface area contributed by atoms with Crippen LogP contribution in [0.5, 0.6) is 0 Å². The zero-order chi connectivity index (χ0) is 0. The first-order valence-electron chi connectivity index (χ1n) is 0. The molecule has 0 heterocycles. The molecular formula is H6Br2O2. The molecule has 0 aromatic carbocycles. The lowest BCUT2D eigenvalue weighted by Crippen LogP contribution is -0.290. The third-order valence-electron chi connectivity index (χ3n) is 0. The maximum absolute atomic E-state index is 0. The lowest BCUT2D eigenvalue weighted by atomic mass is 16.0. The second kappa shape index (κ2) is 41.6. The molecule has 0 aliphatic heterocycles. The summed E-state index contributed by atoms with van der Waals surface area (Å²) in [5.74, 6) is 0. The van der Waals surface area contributed by atoms with Crippen molar-refractivity contribution in [1.82, 2.24) is 0 Å². The van der Waals surface area contributed by atoms with Crippen molar-refractivity contribution in [3.8, 4) is 0 Å². The maximum atomic E-state index is 0. The van der Waals surface area contributed by atoms with Crippen LogP contribution in [0, 0.1) is 0 Å². The summed E-state index contributed by atoms with van der Waals surface area (Å²) < 4.78 is 0. The van der Waals surface area contributed by atoms with Crippen LogP contribution < -0.4 is 0 Å². The summed E-state index contributed by atoms with van der Waals surface area (Å²) in [6, 6.07) is 0. The van der Waals surface area contributed by atoms with Crippen LogP contribution >= 0.6 is 34.0 Å². The van der Waals surface area contributed by atoms with Gasteiger partial charge in [0.05, 0.1) is 0 Å².